The molecule has 0 radical (unpaired) electrons. The number of amides is 1. The zero-order valence-corrected chi connectivity index (χ0v) is 13.1. The van der Waals surface area contributed by atoms with Gasteiger partial charge in [0.2, 0.25) is 0 Å². The maximum absolute atomic E-state index is 12.1. The highest BCUT2D eigenvalue weighted by molar-refractivity contribution is 5.94. The van der Waals surface area contributed by atoms with Crippen LogP contribution in [0, 0.1) is 0 Å². The lowest BCUT2D eigenvalue weighted by Crippen LogP contribution is -2.38. The predicted molar refractivity (Wildman–Crippen MR) is 83.9 cm³/mol. The second kappa shape index (κ2) is 10.2. The second-order valence-corrected chi connectivity index (χ2v) is 4.89. The number of carbonyl (C=O) groups excluding carboxylic acids is 1. The van der Waals surface area contributed by atoms with Gasteiger partial charge in [-0.05, 0) is 31.7 Å². The van der Waals surface area contributed by atoms with E-state index in [4.69, 9.17) is 9.47 Å². The average molecular weight is 294 g/mol. The van der Waals surface area contributed by atoms with E-state index in [9.17, 15) is 4.79 Å². The fourth-order valence-electron chi connectivity index (χ4n) is 1.89. The lowest BCUT2D eigenvalue weighted by molar-refractivity contribution is 0.0949. The van der Waals surface area contributed by atoms with E-state index in [2.05, 4.69) is 10.6 Å². The van der Waals surface area contributed by atoms with Crippen molar-refractivity contribution in [2.24, 2.45) is 0 Å². The van der Waals surface area contributed by atoms with Crippen LogP contribution < -0.4 is 15.4 Å². The third-order valence-electron chi connectivity index (χ3n) is 2.98. The number of nitrogens with one attached hydrogen (secondary N) is 2. The van der Waals surface area contributed by atoms with Crippen LogP contribution in [0.3, 0.4) is 0 Å². The second-order valence-electron chi connectivity index (χ2n) is 4.89. The summed E-state index contributed by atoms with van der Waals surface area (Å²) in [7, 11) is 1.67. The van der Waals surface area contributed by atoms with Gasteiger partial charge in [0.25, 0.3) is 5.91 Å². The molecule has 0 saturated carbocycles. The Bertz CT molecular complexity index is 424. The third kappa shape index (κ3) is 7.11. The van der Waals surface area contributed by atoms with Crippen LogP contribution in [0.25, 0.3) is 0 Å². The molecule has 2 N–H and O–H groups in total. The summed E-state index contributed by atoms with van der Waals surface area (Å²) in [6.07, 6.45) is 0.827. The van der Waals surface area contributed by atoms with Crippen molar-refractivity contribution in [2.45, 2.75) is 26.3 Å². The number of ether oxygens (including phenoxy) is 2. The summed E-state index contributed by atoms with van der Waals surface area (Å²) in [6, 6.07) is 7.49. The molecule has 118 valence electrons. The SMILES string of the molecule is CCN[C@H](C)CNC(=O)c1cccc(OCCCOC)c1. The van der Waals surface area contributed by atoms with E-state index in [0.717, 1.165) is 13.0 Å². The maximum Gasteiger partial charge on any atom is 0.251 e. The number of carbonyl (C=O) groups is 1. The van der Waals surface area contributed by atoms with Gasteiger partial charge in [0.15, 0.2) is 0 Å². The molecule has 0 heterocycles. The monoisotopic (exact) mass is 294 g/mol. The van der Waals surface area contributed by atoms with Crippen LogP contribution in [0.5, 0.6) is 5.75 Å². The van der Waals surface area contributed by atoms with Gasteiger partial charge in [0.05, 0.1) is 6.61 Å². The van der Waals surface area contributed by atoms with E-state index >= 15 is 0 Å². The van der Waals surface area contributed by atoms with Gasteiger partial charge < -0.3 is 20.1 Å². The summed E-state index contributed by atoms with van der Waals surface area (Å²) in [6.45, 7) is 6.83. The van der Waals surface area contributed by atoms with Gasteiger partial charge in [-0.3, -0.25) is 4.79 Å². The minimum Gasteiger partial charge on any atom is -0.493 e. The molecule has 5 nitrogen and oxygen atoms in total. The number of likely N-dealkylation sites (N-methyl/N-ethyl adjacent to an activating group) is 1. The Morgan fingerprint density at radius 2 is 2.14 bits per heavy atom. The van der Waals surface area contributed by atoms with Gasteiger partial charge >= 0.3 is 0 Å². The van der Waals surface area contributed by atoms with Crippen molar-refractivity contribution < 1.29 is 14.3 Å². The highest BCUT2D eigenvalue weighted by atomic mass is 16.5. The molecular weight excluding hydrogens is 268 g/mol. The Morgan fingerprint density at radius 1 is 1.33 bits per heavy atom. The quantitative estimate of drug-likeness (QED) is 0.646. The normalized spacial score (nSPS) is 12.0. The summed E-state index contributed by atoms with van der Waals surface area (Å²) in [4.78, 5) is 12.1. The zero-order chi connectivity index (χ0) is 15.5. The van der Waals surface area contributed by atoms with Crippen LogP contribution in [0.15, 0.2) is 24.3 Å². The largest absolute Gasteiger partial charge is 0.493 e. The molecule has 0 spiro atoms. The summed E-state index contributed by atoms with van der Waals surface area (Å²) in [5, 5.41) is 6.16. The van der Waals surface area contributed by atoms with E-state index in [1.807, 2.05) is 26.0 Å². The maximum atomic E-state index is 12.1. The van der Waals surface area contributed by atoms with Gasteiger partial charge in [0.1, 0.15) is 5.75 Å². The Morgan fingerprint density at radius 3 is 2.86 bits per heavy atom. The Balaban J connectivity index is 2.45. The molecular formula is C16H26N2O3. The zero-order valence-electron chi connectivity index (χ0n) is 13.1. The first-order valence-electron chi connectivity index (χ1n) is 7.40. The van der Waals surface area contributed by atoms with Crippen molar-refractivity contribution in [2.75, 3.05) is 33.4 Å². The van der Waals surface area contributed by atoms with Crippen molar-refractivity contribution in [3.05, 3.63) is 29.8 Å². The first-order valence-corrected chi connectivity index (χ1v) is 7.40. The van der Waals surface area contributed by atoms with E-state index in [0.29, 0.717) is 31.1 Å². The molecule has 0 aliphatic carbocycles. The number of rotatable bonds is 10. The number of hydrogen-bond donors (Lipinski definition) is 2. The fourth-order valence-corrected chi connectivity index (χ4v) is 1.89. The first-order chi connectivity index (χ1) is 10.2. The molecule has 0 aromatic heterocycles. The molecule has 5 heteroatoms. The number of benzene rings is 1. The lowest BCUT2D eigenvalue weighted by atomic mass is 10.2. The topological polar surface area (TPSA) is 59.6 Å². The molecule has 1 rings (SSSR count). The van der Waals surface area contributed by atoms with E-state index in [1.165, 1.54) is 0 Å². The van der Waals surface area contributed by atoms with Gasteiger partial charge in [-0.1, -0.05) is 13.0 Å². The molecule has 0 fully saturated rings. The predicted octanol–water partition coefficient (Wildman–Crippen LogP) is 1.83. The lowest BCUT2D eigenvalue weighted by Gasteiger charge is -2.13. The standard InChI is InChI=1S/C16H26N2O3/c1-4-17-13(2)12-18-16(19)14-7-5-8-15(11-14)21-10-6-9-20-3/h5,7-8,11,13,17H,4,6,9-10,12H2,1-3H3,(H,18,19)/t13-/m1/s1. The van der Waals surface area contributed by atoms with Gasteiger partial charge in [-0.2, -0.15) is 0 Å². The van der Waals surface area contributed by atoms with Gasteiger partial charge in [-0.25, -0.2) is 0 Å². The molecule has 1 atom stereocenters. The van der Waals surface area contributed by atoms with Crippen molar-refractivity contribution in [1.29, 1.82) is 0 Å². The van der Waals surface area contributed by atoms with Crippen LogP contribution in [-0.4, -0.2) is 45.4 Å². The molecule has 1 aromatic rings. The molecule has 0 aliphatic heterocycles. The van der Waals surface area contributed by atoms with Crippen LogP contribution in [0.4, 0.5) is 0 Å². The van der Waals surface area contributed by atoms with Crippen LogP contribution in [0.2, 0.25) is 0 Å². The summed E-state index contributed by atoms with van der Waals surface area (Å²) >= 11 is 0. The molecule has 0 saturated heterocycles. The number of hydrogen-bond acceptors (Lipinski definition) is 4. The van der Waals surface area contributed by atoms with E-state index < -0.39 is 0 Å². The Hall–Kier alpha value is -1.59. The average Bonchev–Trinajstić information content (AvgIpc) is 2.50. The molecule has 0 aliphatic rings. The molecule has 0 bridgehead atoms. The smallest absolute Gasteiger partial charge is 0.251 e. The third-order valence-corrected chi connectivity index (χ3v) is 2.98. The summed E-state index contributed by atoms with van der Waals surface area (Å²) < 4.78 is 10.6. The Kier molecular flexibility index (Phi) is 8.47. The fraction of sp³-hybridized carbons (Fsp3) is 0.562. The van der Waals surface area contributed by atoms with Gasteiger partial charge in [-0.15, -0.1) is 0 Å². The summed E-state index contributed by atoms with van der Waals surface area (Å²) in [5.74, 6) is 0.626. The minimum atomic E-state index is -0.0814. The molecule has 0 unspecified atom stereocenters. The van der Waals surface area contributed by atoms with Crippen LogP contribution >= 0.6 is 0 Å². The number of methoxy groups -OCH3 is 1. The van der Waals surface area contributed by atoms with Crippen molar-refractivity contribution in [3.63, 3.8) is 0 Å². The first kappa shape index (κ1) is 17.5. The van der Waals surface area contributed by atoms with Crippen molar-refractivity contribution in [1.82, 2.24) is 10.6 Å². The molecule has 21 heavy (non-hydrogen) atoms. The Labute approximate surface area is 127 Å². The van der Waals surface area contributed by atoms with Crippen LogP contribution in [-0.2, 0) is 4.74 Å². The van der Waals surface area contributed by atoms with Crippen molar-refractivity contribution in [3.8, 4) is 5.75 Å². The van der Waals surface area contributed by atoms with E-state index in [1.54, 1.807) is 19.2 Å². The highest BCUT2D eigenvalue weighted by Gasteiger charge is 2.08. The van der Waals surface area contributed by atoms with E-state index in [-0.39, 0.29) is 11.9 Å². The van der Waals surface area contributed by atoms with Gasteiger partial charge in [0, 0.05) is 38.3 Å². The highest BCUT2D eigenvalue weighted by Crippen LogP contribution is 2.13. The molecule has 1 amide bonds. The minimum absolute atomic E-state index is 0.0814. The van der Waals surface area contributed by atoms with Crippen LogP contribution in [0.1, 0.15) is 30.6 Å². The van der Waals surface area contributed by atoms with Crippen molar-refractivity contribution >= 4 is 5.91 Å². The molecule has 1 aromatic carbocycles. The summed E-state index contributed by atoms with van der Waals surface area (Å²) in [5.41, 5.74) is 0.614.